The van der Waals surface area contributed by atoms with Crippen molar-refractivity contribution >= 4 is 11.6 Å². The average Bonchev–Trinajstić information content (AvgIpc) is 2.67. The van der Waals surface area contributed by atoms with Gasteiger partial charge in [-0.2, -0.15) is 4.98 Å². The molecule has 14 heavy (non-hydrogen) atoms. The highest BCUT2D eigenvalue weighted by Gasteiger charge is 2.04. The minimum Gasteiger partial charge on any atom is -0.417 e. The number of alkyl halides is 1. The van der Waals surface area contributed by atoms with Crippen LogP contribution < -0.4 is 4.74 Å². The monoisotopic (exact) mass is 210 g/mol. The number of rotatable bonds is 3. The Bertz CT molecular complexity index is 402. The zero-order chi connectivity index (χ0) is 9.80. The van der Waals surface area contributed by atoms with E-state index in [-0.39, 0.29) is 6.08 Å². The SMILES string of the molecule is ClCc1coc(Oc2cccnc2)n1. The van der Waals surface area contributed by atoms with Gasteiger partial charge in [0.25, 0.3) is 0 Å². The summed E-state index contributed by atoms with van der Waals surface area (Å²) in [6, 6.07) is 3.53. The molecule has 4 nitrogen and oxygen atoms in total. The average molecular weight is 211 g/mol. The smallest absolute Gasteiger partial charge is 0.399 e. The van der Waals surface area contributed by atoms with Crippen molar-refractivity contribution in [1.29, 1.82) is 0 Å². The van der Waals surface area contributed by atoms with Gasteiger partial charge in [0.2, 0.25) is 0 Å². The number of oxazole rings is 1. The van der Waals surface area contributed by atoms with Crippen LogP contribution in [0.15, 0.2) is 35.2 Å². The molecule has 0 aliphatic heterocycles. The van der Waals surface area contributed by atoms with Gasteiger partial charge in [-0.3, -0.25) is 4.98 Å². The Morgan fingerprint density at radius 1 is 1.50 bits per heavy atom. The van der Waals surface area contributed by atoms with Gasteiger partial charge in [-0.05, 0) is 12.1 Å². The molecule has 2 aromatic rings. The number of halogens is 1. The lowest BCUT2D eigenvalue weighted by Gasteiger charge is -1.97. The summed E-state index contributed by atoms with van der Waals surface area (Å²) < 4.78 is 10.3. The number of aromatic nitrogens is 2. The number of ether oxygens (including phenoxy) is 1. The topological polar surface area (TPSA) is 48.2 Å². The minimum absolute atomic E-state index is 0.175. The molecule has 0 radical (unpaired) electrons. The molecule has 0 spiro atoms. The van der Waals surface area contributed by atoms with Crippen molar-refractivity contribution in [1.82, 2.24) is 9.97 Å². The Hall–Kier alpha value is -1.55. The van der Waals surface area contributed by atoms with Gasteiger partial charge >= 0.3 is 6.08 Å². The Morgan fingerprint density at radius 3 is 3.07 bits per heavy atom. The van der Waals surface area contributed by atoms with E-state index in [9.17, 15) is 0 Å². The van der Waals surface area contributed by atoms with E-state index in [2.05, 4.69) is 9.97 Å². The van der Waals surface area contributed by atoms with Crippen molar-refractivity contribution < 1.29 is 9.15 Å². The Kier molecular flexibility index (Phi) is 2.65. The zero-order valence-electron chi connectivity index (χ0n) is 7.18. The van der Waals surface area contributed by atoms with E-state index in [0.717, 1.165) is 0 Å². The van der Waals surface area contributed by atoms with Gasteiger partial charge in [0.1, 0.15) is 6.26 Å². The maximum Gasteiger partial charge on any atom is 0.399 e. The summed E-state index contributed by atoms with van der Waals surface area (Å²) >= 11 is 5.55. The molecule has 2 rings (SSSR count). The van der Waals surface area contributed by atoms with Crippen LogP contribution in [0.5, 0.6) is 11.8 Å². The molecule has 0 aromatic carbocycles. The maximum absolute atomic E-state index is 5.55. The van der Waals surface area contributed by atoms with Crippen molar-refractivity contribution in [2.24, 2.45) is 0 Å². The Balaban J connectivity index is 2.11. The molecule has 0 unspecified atom stereocenters. The summed E-state index contributed by atoms with van der Waals surface area (Å²) in [6.45, 7) is 0. The van der Waals surface area contributed by atoms with Gasteiger partial charge in [-0.1, -0.05) is 0 Å². The second-order valence-electron chi connectivity index (χ2n) is 2.53. The van der Waals surface area contributed by atoms with Gasteiger partial charge in [0.05, 0.1) is 17.8 Å². The van der Waals surface area contributed by atoms with Gasteiger partial charge in [-0.15, -0.1) is 11.6 Å². The first-order valence-corrected chi connectivity index (χ1v) is 4.50. The van der Waals surface area contributed by atoms with Crippen LogP contribution in [0.25, 0.3) is 0 Å². The van der Waals surface area contributed by atoms with Gasteiger partial charge in [0.15, 0.2) is 5.75 Å². The lowest BCUT2D eigenvalue weighted by atomic mass is 10.5. The third kappa shape index (κ3) is 2.03. The zero-order valence-corrected chi connectivity index (χ0v) is 7.94. The summed E-state index contributed by atoms with van der Waals surface area (Å²) in [4.78, 5) is 7.86. The standard InChI is InChI=1S/C9H7ClN2O2/c10-4-7-6-13-9(12-7)14-8-2-1-3-11-5-8/h1-3,5-6H,4H2. The molecule has 2 aromatic heterocycles. The molecule has 0 saturated carbocycles. The molecular weight excluding hydrogens is 204 g/mol. The minimum atomic E-state index is 0.175. The second-order valence-corrected chi connectivity index (χ2v) is 2.80. The number of nitrogens with zero attached hydrogens (tertiary/aromatic N) is 2. The van der Waals surface area contributed by atoms with Gasteiger partial charge in [-0.25, -0.2) is 0 Å². The summed E-state index contributed by atoms with van der Waals surface area (Å²) in [5.41, 5.74) is 0.644. The largest absolute Gasteiger partial charge is 0.417 e. The van der Waals surface area contributed by atoms with E-state index in [1.807, 2.05) is 0 Å². The van der Waals surface area contributed by atoms with Gasteiger partial charge in [0, 0.05) is 6.20 Å². The predicted octanol–water partition coefficient (Wildman–Crippen LogP) is 2.60. The van der Waals surface area contributed by atoms with Crippen LogP contribution in [0.3, 0.4) is 0 Å². The molecule has 5 heteroatoms. The van der Waals surface area contributed by atoms with Crippen LogP contribution in [-0.2, 0) is 5.88 Å². The van der Waals surface area contributed by atoms with Crippen molar-refractivity contribution in [3.05, 3.63) is 36.5 Å². The van der Waals surface area contributed by atoms with Crippen molar-refractivity contribution in [2.45, 2.75) is 5.88 Å². The van der Waals surface area contributed by atoms with Gasteiger partial charge < -0.3 is 9.15 Å². The third-order valence-corrected chi connectivity index (χ3v) is 1.78. The molecule has 0 aliphatic carbocycles. The first kappa shape index (κ1) is 9.02. The molecule has 72 valence electrons. The van der Waals surface area contributed by atoms with Crippen LogP contribution in [0.4, 0.5) is 0 Å². The Morgan fingerprint density at radius 2 is 2.43 bits per heavy atom. The normalized spacial score (nSPS) is 10.1. The molecule has 0 fully saturated rings. The van der Waals surface area contributed by atoms with Crippen molar-refractivity contribution in [3.8, 4) is 11.8 Å². The fourth-order valence-electron chi connectivity index (χ4n) is 0.905. The summed E-state index contributed by atoms with van der Waals surface area (Å²) in [5.74, 6) is 0.885. The number of hydrogen-bond donors (Lipinski definition) is 0. The molecular formula is C9H7ClN2O2. The van der Waals surface area contributed by atoms with E-state index in [0.29, 0.717) is 17.3 Å². The summed E-state index contributed by atoms with van der Waals surface area (Å²) in [5, 5.41) is 0. The lowest BCUT2D eigenvalue weighted by molar-refractivity contribution is 0.330. The molecule has 0 aliphatic rings. The second kappa shape index (κ2) is 4.11. The van der Waals surface area contributed by atoms with Crippen LogP contribution in [-0.4, -0.2) is 9.97 Å². The van der Waals surface area contributed by atoms with Crippen LogP contribution in [0.1, 0.15) is 5.69 Å². The lowest BCUT2D eigenvalue weighted by Crippen LogP contribution is -1.85. The number of pyridine rings is 1. The highest BCUT2D eigenvalue weighted by molar-refractivity contribution is 6.16. The van der Waals surface area contributed by atoms with Crippen LogP contribution >= 0.6 is 11.6 Å². The van der Waals surface area contributed by atoms with E-state index in [4.69, 9.17) is 20.8 Å². The molecule has 0 atom stereocenters. The summed E-state index contributed by atoms with van der Waals surface area (Å²) in [7, 11) is 0. The van der Waals surface area contributed by atoms with Crippen molar-refractivity contribution in [2.75, 3.05) is 0 Å². The fourth-order valence-corrected chi connectivity index (χ4v) is 1.03. The van der Waals surface area contributed by atoms with E-state index in [1.165, 1.54) is 6.26 Å². The fraction of sp³-hybridized carbons (Fsp3) is 0.111. The van der Waals surface area contributed by atoms with Crippen LogP contribution in [0.2, 0.25) is 0 Å². The quantitative estimate of drug-likeness (QED) is 0.731. The van der Waals surface area contributed by atoms with E-state index in [1.54, 1.807) is 24.5 Å². The predicted molar refractivity (Wildman–Crippen MR) is 50.4 cm³/mol. The van der Waals surface area contributed by atoms with E-state index >= 15 is 0 Å². The van der Waals surface area contributed by atoms with Crippen molar-refractivity contribution in [3.63, 3.8) is 0 Å². The molecule has 2 heterocycles. The molecule has 0 saturated heterocycles. The first-order chi connectivity index (χ1) is 6.88. The Labute approximate surface area is 85.5 Å². The van der Waals surface area contributed by atoms with E-state index < -0.39 is 0 Å². The third-order valence-electron chi connectivity index (χ3n) is 1.51. The molecule has 0 amide bonds. The first-order valence-electron chi connectivity index (χ1n) is 3.97. The number of hydrogen-bond acceptors (Lipinski definition) is 4. The summed E-state index contributed by atoms with van der Waals surface area (Å²) in [6.07, 6.45) is 4.87. The molecule has 0 bridgehead atoms. The maximum atomic E-state index is 5.55. The highest BCUT2D eigenvalue weighted by atomic mass is 35.5. The highest BCUT2D eigenvalue weighted by Crippen LogP contribution is 2.19. The molecule has 0 N–H and O–H groups in total. The van der Waals surface area contributed by atoms with Crippen LogP contribution in [0, 0.1) is 0 Å².